The third-order valence-electron chi connectivity index (χ3n) is 6.88. The molecule has 1 saturated heterocycles. The first-order valence-corrected chi connectivity index (χ1v) is 12.8. The molecule has 1 heterocycles. The number of nitrogens with one attached hydrogen (secondary N) is 1. The van der Waals surface area contributed by atoms with Gasteiger partial charge in [0, 0.05) is 25.1 Å². The maximum atomic E-state index is 13.0. The Morgan fingerprint density at radius 3 is 2.36 bits per heavy atom. The predicted octanol–water partition coefficient (Wildman–Crippen LogP) is 5.65. The van der Waals surface area contributed by atoms with E-state index in [-0.39, 0.29) is 29.6 Å². The maximum absolute atomic E-state index is 13.0. The highest BCUT2D eigenvalue weighted by molar-refractivity contribution is 5.97. The first-order valence-electron chi connectivity index (χ1n) is 12.8. The fraction of sp³-hybridized carbons (Fsp3) is 0.607. The number of carbonyl (C=O) groups is 3. The first-order chi connectivity index (χ1) is 16.0. The zero-order valence-corrected chi connectivity index (χ0v) is 20.8. The molecule has 0 aromatic heterocycles. The minimum absolute atomic E-state index is 0.0462. The van der Waals surface area contributed by atoms with Crippen LogP contribution in [0.3, 0.4) is 0 Å². The smallest absolute Gasteiger partial charge is 0.251 e. The number of rotatable bonds is 8. The van der Waals surface area contributed by atoms with Crippen molar-refractivity contribution in [1.29, 1.82) is 0 Å². The van der Waals surface area contributed by atoms with Gasteiger partial charge in [-0.15, -0.1) is 6.58 Å². The van der Waals surface area contributed by atoms with Crippen molar-refractivity contribution in [2.75, 3.05) is 13.1 Å². The summed E-state index contributed by atoms with van der Waals surface area (Å²) < 4.78 is 0. The average Bonchev–Trinajstić information content (AvgIpc) is 2.87. The van der Waals surface area contributed by atoms with Crippen molar-refractivity contribution in [2.24, 2.45) is 5.92 Å². The monoisotopic (exact) mass is 454 g/mol. The Labute approximate surface area is 200 Å². The quantitative estimate of drug-likeness (QED) is 0.516. The van der Waals surface area contributed by atoms with Crippen LogP contribution in [-0.4, -0.2) is 41.6 Å². The molecular formula is C28H42N2O3. The van der Waals surface area contributed by atoms with Gasteiger partial charge in [-0.1, -0.05) is 51.3 Å². The Balaban J connectivity index is 0.00000187. The number of carbonyl (C=O) groups excluding carboxylic acids is 3. The van der Waals surface area contributed by atoms with Crippen LogP contribution in [0.15, 0.2) is 36.9 Å². The van der Waals surface area contributed by atoms with E-state index in [1.165, 1.54) is 6.42 Å². The van der Waals surface area contributed by atoms with Crippen LogP contribution in [0, 0.1) is 5.92 Å². The second-order valence-corrected chi connectivity index (χ2v) is 9.07. The molecule has 33 heavy (non-hydrogen) atoms. The number of Topliss-reactive ketones (excluding diaryl/α,β-unsaturated/α-hetero) is 1. The van der Waals surface area contributed by atoms with Gasteiger partial charge in [0.05, 0.1) is 6.04 Å². The highest BCUT2D eigenvalue weighted by atomic mass is 16.2. The molecule has 2 fully saturated rings. The highest BCUT2D eigenvalue weighted by Gasteiger charge is 2.29. The minimum Gasteiger partial charge on any atom is -0.343 e. The molecule has 1 N–H and O–H groups in total. The number of benzene rings is 1. The van der Waals surface area contributed by atoms with Gasteiger partial charge < -0.3 is 10.2 Å². The minimum atomic E-state index is -0.388. The molecule has 1 unspecified atom stereocenters. The molecule has 0 bridgehead atoms. The summed E-state index contributed by atoms with van der Waals surface area (Å²) in [5.41, 5.74) is 1.76. The van der Waals surface area contributed by atoms with Gasteiger partial charge in [-0.2, -0.15) is 0 Å². The summed E-state index contributed by atoms with van der Waals surface area (Å²) in [6.45, 7) is 10.8. The van der Waals surface area contributed by atoms with Gasteiger partial charge in [0.15, 0.2) is 5.78 Å². The van der Waals surface area contributed by atoms with Crippen LogP contribution >= 0.6 is 0 Å². The SMILES string of the molecule is C=CCCC(=O)N1CCC(c2cccc(C(=O)NC(C(C)=O)C3CCCCC3)c2)CC1.CC. The van der Waals surface area contributed by atoms with Gasteiger partial charge in [-0.25, -0.2) is 0 Å². The van der Waals surface area contributed by atoms with Crippen molar-refractivity contribution in [2.45, 2.75) is 90.5 Å². The lowest BCUT2D eigenvalue weighted by molar-refractivity contribution is -0.132. The van der Waals surface area contributed by atoms with E-state index in [9.17, 15) is 14.4 Å². The van der Waals surface area contributed by atoms with E-state index in [2.05, 4.69) is 18.0 Å². The van der Waals surface area contributed by atoms with Crippen LogP contribution in [0.5, 0.6) is 0 Å². The summed E-state index contributed by atoms with van der Waals surface area (Å²) in [4.78, 5) is 39.4. The number of likely N-dealkylation sites (tertiary alicyclic amines) is 1. The van der Waals surface area contributed by atoms with Crippen LogP contribution in [0.2, 0.25) is 0 Å². The number of ketones is 1. The largest absolute Gasteiger partial charge is 0.343 e. The van der Waals surface area contributed by atoms with Gasteiger partial charge in [-0.05, 0) is 68.6 Å². The van der Waals surface area contributed by atoms with Crippen LogP contribution < -0.4 is 5.32 Å². The Morgan fingerprint density at radius 2 is 1.76 bits per heavy atom. The molecule has 3 rings (SSSR count). The molecule has 1 atom stereocenters. The lowest BCUT2D eigenvalue weighted by Crippen LogP contribution is -2.45. The Bertz CT molecular complexity index is 790. The molecule has 2 aliphatic rings. The Morgan fingerprint density at radius 1 is 1.09 bits per heavy atom. The number of piperidine rings is 1. The van der Waals surface area contributed by atoms with E-state index in [4.69, 9.17) is 0 Å². The maximum Gasteiger partial charge on any atom is 0.251 e. The van der Waals surface area contributed by atoms with E-state index in [1.807, 2.05) is 36.9 Å². The van der Waals surface area contributed by atoms with Crippen LogP contribution in [0.1, 0.15) is 100 Å². The van der Waals surface area contributed by atoms with Crippen molar-refractivity contribution in [3.63, 3.8) is 0 Å². The first kappa shape index (κ1) is 26.8. The number of nitrogens with zero attached hydrogens (tertiary/aromatic N) is 1. The molecule has 5 heteroatoms. The summed E-state index contributed by atoms with van der Waals surface area (Å²) >= 11 is 0. The third kappa shape index (κ3) is 7.83. The molecule has 0 radical (unpaired) electrons. The topological polar surface area (TPSA) is 66.5 Å². The lowest BCUT2D eigenvalue weighted by atomic mass is 9.82. The summed E-state index contributed by atoms with van der Waals surface area (Å²) in [6.07, 6.45) is 10.3. The molecule has 0 spiro atoms. The van der Waals surface area contributed by atoms with Gasteiger partial charge in [-0.3, -0.25) is 14.4 Å². The fourth-order valence-electron chi connectivity index (χ4n) is 5.02. The molecule has 182 valence electrons. The molecule has 1 aliphatic heterocycles. The molecule has 1 aliphatic carbocycles. The Kier molecular flexibility index (Phi) is 11.4. The van der Waals surface area contributed by atoms with E-state index >= 15 is 0 Å². The summed E-state index contributed by atoms with van der Waals surface area (Å²) in [7, 11) is 0. The number of hydrogen-bond acceptors (Lipinski definition) is 3. The zero-order valence-electron chi connectivity index (χ0n) is 20.8. The van der Waals surface area contributed by atoms with E-state index < -0.39 is 0 Å². The van der Waals surface area contributed by atoms with Gasteiger partial charge in [0.2, 0.25) is 5.91 Å². The third-order valence-corrected chi connectivity index (χ3v) is 6.88. The molecule has 5 nitrogen and oxygen atoms in total. The molecule has 1 aromatic rings. The van der Waals surface area contributed by atoms with Gasteiger partial charge in [0.25, 0.3) is 5.91 Å². The van der Waals surface area contributed by atoms with Gasteiger partial charge >= 0.3 is 0 Å². The van der Waals surface area contributed by atoms with Crippen molar-refractivity contribution in [3.8, 4) is 0 Å². The summed E-state index contributed by atoms with van der Waals surface area (Å²) in [6, 6.07) is 7.40. The second-order valence-electron chi connectivity index (χ2n) is 9.07. The number of allylic oxidation sites excluding steroid dienone is 1. The average molecular weight is 455 g/mol. The van der Waals surface area contributed by atoms with E-state index in [0.29, 0.717) is 17.9 Å². The van der Waals surface area contributed by atoms with Gasteiger partial charge in [0.1, 0.15) is 0 Å². The Hall–Kier alpha value is -2.43. The summed E-state index contributed by atoms with van der Waals surface area (Å²) in [5.74, 6) is 0.679. The van der Waals surface area contributed by atoms with Crippen LogP contribution in [-0.2, 0) is 9.59 Å². The second kappa shape index (κ2) is 14.0. The molecule has 1 aromatic carbocycles. The van der Waals surface area contributed by atoms with Crippen molar-refractivity contribution in [1.82, 2.24) is 10.2 Å². The lowest BCUT2D eigenvalue weighted by Gasteiger charge is -2.32. The normalized spacial score (nSPS) is 18.0. The van der Waals surface area contributed by atoms with E-state index in [0.717, 1.165) is 63.6 Å². The van der Waals surface area contributed by atoms with Crippen LogP contribution in [0.4, 0.5) is 0 Å². The standard InChI is InChI=1S/C26H36N2O3.C2H6/c1-3-4-13-24(30)28-16-14-20(15-17-28)22-11-8-12-23(18-22)26(31)27-25(19(2)29)21-9-6-5-7-10-21;1-2/h3,8,11-12,18,20-21,25H,1,4-7,9-10,13-17H2,2H3,(H,27,31);1-2H3. The molecule has 1 saturated carbocycles. The van der Waals surface area contributed by atoms with Crippen molar-refractivity contribution >= 4 is 17.6 Å². The number of hydrogen-bond donors (Lipinski definition) is 1. The van der Waals surface area contributed by atoms with E-state index in [1.54, 1.807) is 13.0 Å². The highest BCUT2D eigenvalue weighted by Crippen LogP contribution is 2.30. The molecule has 2 amide bonds. The predicted molar refractivity (Wildman–Crippen MR) is 134 cm³/mol. The fourth-order valence-corrected chi connectivity index (χ4v) is 5.02. The molecular weight excluding hydrogens is 412 g/mol. The van der Waals surface area contributed by atoms with Crippen molar-refractivity contribution < 1.29 is 14.4 Å². The number of amides is 2. The van der Waals surface area contributed by atoms with Crippen LogP contribution in [0.25, 0.3) is 0 Å². The zero-order chi connectivity index (χ0) is 24.2. The van der Waals surface area contributed by atoms with Crippen molar-refractivity contribution in [3.05, 3.63) is 48.0 Å². The summed E-state index contributed by atoms with van der Waals surface area (Å²) in [5, 5.41) is 3.02.